The molecule has 4 nitrogen and oxygen atoms in total. The maximum absolute atomic E-state index is 10.1. The van der Waals surface area contributed by atoms with Crippen LogP contribution in [-0.4, -0.2) is 20.4 Å². The summed E-state index contributed by atoms with van der Waals surface area (Å²) in [6.45, 7) is 0.0282. The van der Waals surface area contributed by atoms with Crippen LogP contribution in [0.15, 0.2) is 24.3 Å². The highest BCUT2D eigenvalue weighted by atomic mass is 32.1. The largest absolute Gasteiger partial charge is 0.391 e. The van der Waals surface area contributed by atoms with Crippen LogP contribution in [0.3, 0.4) is 0 Å². The highest BCUT2D eigenvalue weighted by Crippen LogP contribution is 2.30. The Kier molecular flexibility index (Phi) is 7.01. The zero-order valence-electron chi connectivity index (χ0n) is 12.3. The van der Waals surface area contributed by atoms with Crippen LogP contribution in [0.2, 0.25) is 0 Å². The van der Waals surface area contributed by atoms with E-state index in [2.05, 4.69) is 0 Å². The van der Waals surface area contributed by atoms with E-state index in [0.717, 1.165) is 32.4 Å². The van der Waals surface area contributed by atoms with Crippen molar-refractivity contribution in [1.29, 1.82) is 0 Å². The van der Waals surface area contributed by atoms with Crippen LogP contribution in [0.1, 0.15) is 57.4 Å². The molecule has 0 aliphatic heterocycles. The predicted molar refractivity (Wildman–Crippen MR) is 88.9 cm³/mol. The zero-order valence-corrected chi connectivity index (χ0v) is 13.9. The molecule has 2 atom stereocenters. The molecule has 0 bridgehead atoms. The van der Waals surface area contributed by atoms with Crippen molar-refractivity contribution in [2.45, 2.75) is 51.1 Å². The van der Waals surface area contributed by atoms with Crippen LogP contribution in [0.5, 0.6) is 0 Å². The average Bonchev–Trinajstić information content (AvgIpc) is 3.19. The van der Waals surface area contributed by atoms with Gasteiger partial charge < -0.3 is 20.4 Å². The quantitative estimate of drug-likeness (QED) is 0.528. The topological polar surface area (TPSA) is 80.9 Å². The van der Waals surface area contributed by atoms with Gasteiger partial charge >= 0.3 is 0 Å². The van der Waals surface area contributed by atoms with Crippen LogP contribution in [0.4, 0.5) is 0 Å². The van der Waals surface area contributed by atoms with Crippen molar-refractivity contribution in [1.82, 2.24) is 0 Å². The van der Waals surface area contributed by atoms with Crippen LogP contribution in [-0.2, 0) is 13.2 Å². The fourth-order valence-corrected chi connectivity index (χ4v) is 4.06. The SMILES string of the molecule is OCc1ccc([C@H](O)CCCC[C@H](O)c2ccc(CO)s2)s1. The molecule has 2 rings (SSSR count). The van der Waals surface area contributed by atoms with Gasteiger partial charge in [0, 0.05) is 19.5 Å². The lowest BCUT2D eigenvalue weighted by Gasteiger charge is -2.10. The Labute approximate surface area is 138 Å². The maximum Gasteiger partial charge on any atom is 0.0882 e. The van der Waals surface area contributed by atoms with Gasteiger partial charge in [-0.3, -0.25) is 0 Å². The molecule has 0 saturated heterocycles. The van der Waals surface area contributed by atoms with Crippen LogP contribution < -0.4 is 0 Å². The molecular weight excluding hydrogens is 320 g/mol. The van der Waals surface area contributed by atoms with Gasteiger partial charge in [-0.15, -0.1) is 22.7 Å². The van der Waals surface area contributed by atoms with Crippen molar-refractivity contribution in [3.05, 3.63) is 43.8 Å². The summed E-state index contributed by atoms with van der Waals surface area (Å²) < 4.78 is 0. The molecular formula is C16H22O4S2. The standard InChI is InChI=1S/C16H22O4S2/c17-9-11-5-7-15(21-11)13(19)3-1-2-4-14(20)16-8-6-12(10-18)22-16/h5-8,13-14,17-20H,1-4,9-10H2/t13-,14+. The summed E-state index contributed by atoms with van der Waals surface area (Å²) >= 11 is 2.87. The lowest BCUT2D eigenvalue weighted by atomic mass is 10.1. The molecule has 0 radical (unpaired) electrons. The Morgan fingerprint density at radius 1 is 0.727 bits per heavy atom. The second-order valence-electron chi connectivity index (χ2n) is 5.24. The number of aliphatic hydroxyl groups excluding tert-OH is 4. The molecule has 4 N–H and O–H groups in total. The molecule has 122 valence electrons. The second kappa shape index (κ2) is 8.76. The van der Waals surface area contributed by atoms with Gasteiger partial charge in [-0.2, -0.15) is 0 Å². The minimum atomic E-state index is -0.495. The number of aliphatic hydroxyl groups is 4. The maximum atomic E-state index is 10.1. The van der Waals surface area contributed by atoms with Crippen LogP contribution in [0, 0.1) is 0 Å². The first-order chi connectivity index (χ1) is 10.6. The van der Waals surface area contributed by atoms with E-state index < -0.39 is 12.2 Å². The fourth-order valence-electron chi connectivity index (χ4n) is 2.28. The summed E-state index contributed by atoms with van der Waals surface area (Å²) in [6.07, 6.45) is 2.00. The summed E-state index contributed by atoms with van der Waals surface area (Å²) in [5.74, 6) is 0. The van der Waals surface area contributed by atoms with Crippen LogP contribution >= 0.6 is 22.7 Å². The number of thiophene rings is 2. The normalized spacial score (nSPS) is 14.2. The van der Waals surface area contributed by atoms with Gasteiger partial charge in [0.15, 0.2) is 0 Å². The third kappa shape index (κ3) is 4.87. The van der Waals surface area contributed by atoms with Gasteiger partial charge in [0.1, 0.15) is 0 Å². The van der Waals surface area contributed by atoms with E-state index in [1.165, 1.54) is 22.7 Å². The summed E-state index contributed by atoms with van der Waals surface area (Å²) in [6, 6.07) is 7.39. The van der Waals surface area contributed by atoms with Gasteiger partial charge in [0.05, 0.1) is 25.4 Å². The fraction of sp³-hybridized carbons (Fsp3) is 0.500. The molecule has 0 saturated carbocycles. The molecule has 2 heterocycles. The first-order valence-electron chi connectivity index (χ1n) is 7.39. The van der Waals surface area contributed by atoms with Gasteiger partial charge in [-0.05, 0) is 37.1 Å². The predicted octanol–water partition coefficient (Wildman–Crippen LogP) is 3.12. The van der Waals surface area contributed by atoms with Gasteiger partial charge in [0.25, 0.3) is 0 Å². The van der Waals surface area contributed by atoms with Crippen molar-refractivity contribution in [2.24, 2.45) is 0 Å². The number of hydrogen-bond acceptors (Lipinski definition) is 6. The highest BCUT2D eigenvalue weighted by Gasteiger charge is 2.13. The summed E-state index contributed by atoms with van der Waals surface area (Å²) in [5.41, 5.74) is 0. The molecule has 0 unspecified atom stereocenters. The molecule has 2 aromatic heterocycles. The monoisotopic (exact) mass is 342 g/mol. The molecule has 6 heteroatoms. The van der Waals surface area contributed by atoms with Crippen LogP contribution in [0.25, 0.3) is 0 Å². The van der Waals surface area contributed by atoms with E-state index in [1.807, 2.05) is 24.3 Å². The number of hydrogen-bond donors (Lipinski definition) is 4. The Bertz CT molecular complexity index is 514. The third-order valence-electron chi connectivity index (χ3n) is 3.54. The van der Waals surface area contributed by atoms with E-state index in [1.54, 1.807) is 0 Å². The van der Waals surface area contributed by atoms with E-state index in [4.69, 9.17) is 10.2 Å². The zero-order chi connectivity index (χ0) is 15.9. The Hall–Kier alpha value is -0.760. The molecule has 0 aliphatic carbocycles. The number of rotatable bonds is 9. The van der Waals surface area contributed by atoms with Crippen molar-refractivity contribution < 1.29 is 20.4 Å². The molecule has 0 spiro atoms. The van der Waals surface area contributed by atoms with E-state index >= 15 is 0 Å². The van der Waals surface area contributed by atoms with E-state index in [-0.39, 0.29) is 13.2 Å². The summed E-state index contributed by atoms with van der Waals surface area (Å²) in [4.78, 5) is 3.49. The Balaban J connectivity index is 1.69. The van der Waals surface area contributed by atoms with E-state index in [0.29, 0.717) is 12.8 Å². The smallest absolute Gasteiger partial charge is 0.0882 e. The summed E-state index contributed by atoms with van der Waals surface area (Å²) in [5, 5.41) is 38.2. The molecule has 2 aromatic rings. The second-order valence-corrected chi connectivity index (χ2v) is 7.64. The van der Waals surface area contributed by atoms with Crippen molar-refractivity contribution >= 4 is 22.7 Å². The molecule has 0 fully saturated rings. The van der Waals surface area contributed by atoms with Crippen molar-refractivity contribution in [3.8, 4) is 0 Å². The Morgan fingerprint density at radius 3 is 1.45 bits per heavy atom. The minimum absolute atomic E-state index is 0.0141. The number of unbranched alkanes of at least 4 members (excludes halogenated alkanes) is 1. The van der Waals surface area contributed by atoms with Gasteiger partial charge in [0.2, 0.25) is 0 Å². The molecule has 0 amide bonds. The highest BCUT2D eigenvalue weighted by molar-refractivity contribution is 7.12. The molecule has 0 aromatic carbocycles. The lowest BCUT2D eigenvalue weighted by molar-refractivity contribution is 0.150. The summed E-state index contributed by atoms with van der Waals surface area (Å²) in [7, 11) is 0. The molecule has 0 aliphatic rings. The van der Waals surface area contributed by atoms with Gasteiger partial charge in [-0.1, -0.05) is 12.8 Å². The van der Waals surface area contributed by atoms with E-state index in [9.17, 15) is 10.2 Å². The first kappa shape index (κ1) is 17.6. The average molecular weight is 342 g/mol. The third-order valence-corrected chi connectivity index (χ3v) is 5.88. The first-order valence-corrected chi connectivity index (χ1v) is 9.02. The van der Waals surface area contributed by atoms with Crippen molar-refractivity contribution in [3.63, 3.8) is 0 Å². The van der Waals surface area contributed by atoms with Gasteiger partial charge in [-0.25, -0.2) is 0 Å². The van der Waals surface area contributed by atoms with Crippen molar-refractivity contribution in [2.75, 3.05) is 0 Å². The lowest BCUT2D eigenvalue weighted by Crippen LogP contribution is -1.97. The minimum Gasteiger partial charge on any atom is -0.391 e. The Morgan fingerprint density at radius 2 is 1.14 bits per heavy atom. The molecule has 22 heavy (non-hydrogen) atoms.